The molecule has 5 aliphatic rings. The smallest absolute Gasteiger partial charge is 0.326 e. The summed E-state index contributed by atoms with van der Waals surface area (Å²) in [5, 5.41) is 0. The molecule has 0 saturated heterocycles. The summed E-state index contributed by atoms with van der Waals surface area (Å²) in [5.41, 5.74) is 1.52. The number of hydrogen-bond donors (Lipinski definition) is 0. The fourth-order valence-corrected chi connectivity index (χ4v) is 7.37. The van der Waals surface area contributed by atoms with Gasteiger partial charge in [-0.3, -0.25) is 19.3 Å². The lowest BCUT2D eigenvalue weighted by atomic mass is 9.52. The van der Waals surface area contributed by atoms with Gasteiger partial charge in [0.1, 0.15) is 12.3 Å². The second-order valence-electron chi connectivity index (χ2n) is 10.7. The van der Waals surface area contributed by atoms with Gasteiger partial charge in [0.15, 0.2) is 6.61 Å². The number of rotatable bonds is 7. The fourth-order valence-electron chi connectivity index (χ4n) is 7.37. The van der Waals surface area contributed by atoms with Crippen molar-refractivity contribution in [3.8, 4) is 0 Å². The molecule has 1 aromatic heterocycles. The minimum atomic E-state index is -0.621. The van der Waals surface area contributed by atoms with Crippen LogP contribution in [0.4, 0.5) is 0 Å². The number of hydrogen-bond acceptors (Lipinski definition) is 5. The van der Waals surface area contributed by atoms with Gasteiger partial charge in [-0.15, -0.1) is 0 Å². The minimum absolute atomic E-state index is 0.189. The number of ether oxygens (including phenoxy) is 1. The van der Waals surface area contributed by atoms with Gasteiger partial charge >= 0.3 is 5.97 Å². The molecular weight excluding hydrogens is 444 g/mol. The highest BCUT2D eigenvalue weighted by Gasteiger charge is 2.54. The maximum Gasteiger partial charge on any atom is 0.326 e. The predicted molar refractivity (Wildman–Crippen MR) is 128 cm³/mol. The summed E-state index contributed by atoms with van der Waals surface area (Å²) in [6.45, 7) is 3.73. The number of amides is 2. The molecule has 35 heavy (non-hydrogen) atoms. The van der Waals surface area contributed by atoms with Crippen molar-refractivity contribution in [1.82, 2.24) is 9.80 Å². The maximum atomic E-state index is 13.5. The Balaban J connectivity index is 1.14. The van der Waals surface area contributed by atoms with Crippen LogP contribution >= 0.6 is 0 Å². The van der Waals surface area contributed by atoms with E-state index in [1.54, 1.807) is 18.4 Å². The van der Waals surface area contributed by atoms with Crippen LogP contribution in [0.3, 0.4) is 0 Å². The molecule has 4 aliphatic carbocycles. The van der Waals surface area contributed by atoms with E-state index < -0.39 is 5.97 Å². The van der Waals surface area contributed by atoms with Crippen molar-refractivity contribution < 1.29 is 23.5 Å². The Hall–Kier alpha value is -3.35. The summed E-state index contributed by atoms with van der Waals surface area (Å²) in [6.07, 6.45) is 8.47. The minimum Gasteiger partial charge on any atom is -0.467 e. The normalized spacial score (nSPS) is 28.3. The summed E-state index contributed by atoms with van der Waals surface area (Å²) < 4.78 is 11.0. The molecule has 4 fully saturated rings. The first-order chi connectivity index (χ1) is 16.9. The SMILES string of the molecule is C=C1c2ccccc2C(=O)N1CC(=O)OCC(=O)N(Cc1ccco1)C12CC3CC(CC(C3)C1)C2. The largest absolute Gasteiger partial charge is 0.467 e. The zero-order chi connectivity index (χ0) is 24.2. The monoisotopic (exact) mass is 474 g/mol. The van der Waals surface area contributed by atoms with E-state index in [1.807, 2.05) is 29.2 Å². The zero-order valence-electron chi connectivity index (χ0n) is 19.8. The molecule has 7 nitrogen and oxygen atoms in total. The Morgan fingerprint density at radius 3 is 2.29 bits per heavy atom. The van der Waals surface area contributed by atoms with E-state index in [1.165, 1.54) is 24.2 Å². The molecule has 0 unspecified atom stereocenters. The molecule has 4 saturated carbocycles. The van der Waals surface area contributed by atoms with Crippen molar-refractivity contribution >= 4 is 23.5 Å². The second-order valence-corrected chi connectivity index (χ2v) is 10.7. The zero-order valence-corrected chi connectivity index (χ0v) is 19.8. The molecule has 0 spiro atoms. The summed E-state index contributed by atoms with van der Waals surface area (Å²) in [7, 11) is 0. The number of nitrogens with zero attached hydrogens (tertiary/aromatic N) is 2. The predicted octanol–water partition coefficient (Wildman–Crippen LogP) is 4.25. The quantitative estimate of drug-likeness (QED) is 0.561. The van der Waals surface area contributed by atoms with E-state index in [0.717, 1.165) is 25.0 Å². The van der Waals surface area contributed by atoms with E-state index in [-0.39, 0.29) is 30.5 Å². The summed E-state index contributed by atoms with van der Waals surface area (Å²) in [6, 6.07) is 10.8. The molecule has 0 radical (unpaired) electrons. The Labute approximate surface area is 204 Å². The second kappa shape index (κ2) is 8.40. The van der Waals surface area contributed by atoms with Crippen LogP contribution in [-0.4, -0.2) is 46.3 Å². The van der Waals surface area contributed by atoms with Crippen molar-refractivity contribution in [1.29, 1.82) is 0 Å². The summed E-state index contributed by atoms with van der Waals surface area (Å²) in [4.78, 5) is 42.2. The van der Waals surface area contributed by atoms with E-state index in [4.69, 9.17) is 9.15 Å². The number of fused-ring (bicyclic) bond motifs is 1. The summed E-state index contributed by atoms with van der Waals surface area (Å²) >= 11 is 0. The summed E-state index contributed by atoms with van der Waals surface area (Å²) in [5.74, 6) is 1.65. The van der Waals surface area contributed by atoms with Gasteiger partial charge in [0.05, 0.1) is 12.8 Å². The highest BCUT2D eigenvalue weighted by Crippen LogP contribution is 2.58. The van der Waals surface area contributed by atoms with Gasteiger partial charge in [0, 0.05) is 22.4 Å². The average Bonchev–Trinajstić information content (AvgIpc) is 3.43. The van der Waals surface area contributed by atoms with Crippen molar-refractivity contribution in [2.75, 3.05) is 13.2 Å². The number of carbonyl (C=O) groups excluding carboxylic acids is 3. The van der Waals surface area contributed by atoms with Crippen LogP contribution < -0.4 is 0 Å². The highest BCUT2D eigenvalue weighted by atomic mass is 16.5. The van der Waals surface area contributed by atoms with Gasteiger partial charge in [-0.2, -0.15) is 0 Å². The number of carbonyl (C=O) groups is 3. The van der Waals surface area contributed by atoms with Crippen LogP contribution in [0.2, 0.25) is 0 Å². The number of esters is 1. The molecule has 7 rings (SSSR count). The van der Waals surface area contributed by atoms with Gasteiger partial charge < -0.3 is 14.1 Å². The third-order valence-corrected chi connectivity index (χ3v) is 8.46. The van der Waals surface area contributed by atoms with Gasteiger partial charge in [0.2, 0.25) is 0 Å². The molecule has 0 atom stereocenters. The molecule has 0 N–H and O–H groups in total. The Morgan fingerprint density at radius 1 is 1.03 bits per heavy atom. The van der Waals surface area contributed by atoms with Crippen LogP contribution in [0.1, 0.15) is 60.2 Å². The van der Waals surface area contributed by atoms with Crippen LogP contribution in [-0.2, 0) is 20.9 Å². The fraction of sp³-hybridized carbons (Fsp3) is 0.464. The van der Waals surface area contributed by atoms with Crippen LogP contribution in [0.15, 0.2) is 53.7 Å². The molecule has 1 aromatic carbocycles. The molecule has 1 aliphatic heterocycles. The molecule has 4 bridgehead atoms. The molecule has 2 aromatic rings. The lowest BCUT2D eigenvalue weighted by molar-refractivity contribution is -0.163. The van der Waals surface area contributed by atoms with Crippen molar-refractivity contribution in [2.45, 2.75) is 50.6 Å². The van der Waals surface area contributed by atoms with Crippen molar-refractivity contribution in [3.63, 3.8) is 0 Å². The lowest BCUT2D eigenvalue weighted by Gasteiger charge is -2.60. The molecule has 182 valence electrons. The van der Waals surface area contributed by atoms with Crippen LogP contribution in [0.25, 0.3) is 5.70 Å². The van der Waals surface area contributed by atoms with Gasteiger partial charge in [-0.05, 0) is 74.5 Å². The Morgan fingerprint density at radius 2 is 1.69 bits per heavy atom. The topological polar surface area (TPSA) is 80.1 Å². The first-order valence-corrected chi connectivity index (χ1v) is 12.5. The van der Waals surface area contributed by atoms with Crippen LogP contribution in [0, 0.1) is 17.8 Å². The molecule has 7 heteroatoms. The van der Waals surface area contributed by atoms with E-state index in [0.29, 0.717) is 41.1 Å². The number of furan rings is 1. The Kier molecular flexibility index (Phi) is 5.31. The van der Waals surface area contributed by atoms with Gasteiger partial charge in [0.25, 0.3) is 11.8 Å². The maximum absolute atomic E-state index is 13.5. The van der Waals surface area contributed by atoms with Crippen molar-refractivity contribution in [2.24, 2.45) is 17.8 Å². The van der Waals surface area contributed by atoms with E-state index in [9.17, 15) is 14.4 Å². The lowest BCUT2D eigenvalue weighted by Crippen LogP contribution is -2.61. The van der Waals surface area contributed by atoms with Gasteiger partial charge in [-0.1, -0.05) is 24.8 Å². The standard InChI is InChI=1S/C28H30N2O5/c1-18-23-6-2-3-7-24(23)27(33)29(18)16-26(32)35-17-25(31)30(15-22-5-4-8-34-22)28-12-19-9-20(13-28)11-21(10-19)14-28/h2-8,19-21H,1,9-17H2. The van der Waals surface area contributed by atoms with Crippen LogP contribution in [0.5, 0.6) is 0 Å². The molecule has 2 amide bonds. The van der Waals surface area contributed by atoms with E-state index >= 15 is 0 Å². The molecule has 2 heterocycles. The Bertz CT molecular complexity index is 1110. The number of benzene rings is 1. The van der Waals surface area contributed by atoms with E-state index in [2.05, 4.69) is 6.58 Å². The first-order valence-electron chi connectivity index (χ1n) is 12.5. The average molecular weight is 475 g/mol. The third-order valence-electron chi connectivity index (χ3n) is 8.46. The first kappa shape index (κ1) is 22.1. The van der Waals surface area contributed by atoms with Crippen molar-refractivity contribution in [3.05, 3.63) is 66.1 Å². The highest BCUT2D eigenvalue weighted by molar-refractivity contribution is 6.10. The third kappa shape index (κ3) is 3.87. The van der Waals surface area contributed by atoms with Gasteiger partial charge in [-0.25, -0.2) is 0 Å². The molecular formula is C28H30N2O5.